The van der Waals surface area contributed by atoms with E-state index in [0.29, 0.717) is 31.0 Å². The predicted molar refractivity (Wildman–Crippen MR) is 160 cm³/mol. The smallest absolute Gasteiger partial charge is 0.433 e. The van der Waals surface area contributed by atoms with E-state index in [1.165, 1.54) is 5.69 Å². The maximum atomic E-state index is 14.2. The highest BCUT2D eigenvalue weighted by atomic mass is 35.5. The van der Waals surface area contributed by atoms with Crippen molar-refractivity contribution in [2.45, 2.75) is 45.8 Å². The molecule has 1 aromatic heterocycles. The molecule has 42 heavy (non-hydrogen) atoms. The number of likely N-dealkylation sites (N-methyl/N-ethyl adjacent to an activating group) is 1. The molecule has 0 radical (unpaired) electrons. The highest BCUT2D eigenvalue weighted by Gasteiger charge is 2.42. The van der Waals surface area contributed by atoms with Gasteiger partial charge in [-0.05, 0) is 68.6 Å². The lowest BCUT2D eigenvalue weighted by Gasteiger charge is -2.37. The number of ether oxygens (including phenoxy) is 1. The van der Waals surface area contributed by atoms with Gasteiger partial charge in [0.25, 0.3) is 0 Å². The lowest BCUT2D eigenvalue weighted by molar-refractivity contribution is -0.145. The molecule has 2 saturated heterocycles. The van der Waals surface area contributed by atoms with Crippen molar-refractivity contribution in [3.05, 3.63) is 64.4 Å². The number of anilines is 2. The Morgan fingerprint density at radius 2 is 1.76 bits per heavy atom. The average molecular weight is 604 g/mol. The second kappa shape index (κ2) is 12.6. The molecule has 2 aromatic carbocycles. The number of piperazine rings is 1. The van der Waals surface area contributed by atoms with Crippen LogP contribution < -0.4 is 9.80 Å². The minimum Gasteiger partial charge on any atom is -0.462 e. The molecule has 3 heterocycles. The summed E-state index contributed by atoms with van der Waals surface area (Å²) in [4.78, 5) is 19.3. The first kappa shape index (κ1) is 30.2. The number of carbonyl (C=O) groups is 1. The molecule has 11 heteroatoms. The summed E-state index contributed by atoms with van der Waals surface area (Å²) in [5, 5.41) is 4.60. The minimum absolute atomic E-state index is 0.0219. The van der Waals surface area contributed by atoms with E-state index in [2.05, 4.69) is 51.8 Å². The van der Waals surface area contributed by atoms with Crippen LogP contribution in [0.25, 0.3) is 11.1 Å². The molecule has 0 amide bonds. The molecule has 226 valence electrons. The van der Waals surface area contributed by atoms with Gasteiger partial charge in [-0.1, -0.05) is 30.7 Å². The molecule has 7 nitrogen and oxygen atoms in total. The maximum absolute atomic E-state index is 14.2. The number of carbonyl (C=O) groups excluding carboxylic acids is 1. The van der Waals surface area contributed by atoms with Gasteiger partial charge in [-0.25, -0.2) is 4.79 Å². The summed E-state index contributed by atoms with van der Waals surface area (Å²) < 4.78 is 48.4. The Bertz CT molecular complexity index is 1420. The first-order valence-corrected chi connectivity index (χ1v) is 14.9. The number of nitrogens with zero attached hydrogens (tertiary/aromatic N) is 5. The highest BCUT2D eigenvalue weighted by Crippen LogP contribution is 2.40. The first-order valence-electron chi connectivity index (χ1n) is 14.5. The largest absolute Gasteiger partial charge is 0.462 e. The van der Waals surface area contributed by atoms with E-state index in [1.54, 1.807) is 6.92 Å². The van der Waals surface area contributed by atoms with E-state index in [1.807, 2.05) is 18.2 Å². The number of alkyl halides is 3. The van der Waals surface area contributed by atoms with Crippen molar-refractivity contribution in [1.82, 2.24) is 14.7 Å². The second-order valence-corrected chi connectivity index (χ2v) is 11.3. The highest BCUT2D eigenvalue weighted by molar-refractivity contribution is 6.31. The van der Waals surface area contributed by atoms with Crippen molar-refractivity contribution in [1.29, 1.82) is 0 Å². The summed E-state index contributed by atoms with van der Waals surface area (Å²) in [7, 11) is 0. The summed E-state index contributed by atoms with van der Waals surface area (Å²) in [6, 6.07) is 11.6. The van der Waals surface area contributed by atoms with Crippen molar-refractivity contribution < 1.29 is 22.7 Å². The fourth-order valence-corrected chi connectivity index (χ4v) is 6.28. The van der Waals surface area contributed by atoms with E-state index in [0.717, 1.165) is 66.0 Å². The Morgan fingerprint density at radius 1 is 1.02 bits per heavy atom. The summed E-state index contributed by atoms with van der Waals surface area (Å²) >= 11 is 6.47. The summed E-state index contributed by atoms with van der Waals surface area (Å²) in [5.74, 6) is -1.02. The number of aryl methyl sites for hydroxylation is 1. The van der Waals surface area contributed by atoms with E-state index in [9.17, 15) is 18.0 Å². The zero-order chi connectivity index (χ0) is 30.0. The van der Waals surface area contributed by atoms with Crippen molar-refractivity contribution in [3.63, 3.8) is 0 Å². The van der Waals surface area contributed by atoms with Crippen LogP contribution in [0.2, 0.25) is 5.02 Å². The minimum atomic E-state index is -4.76. The first-order chi connectivity index (χ1) is 20.1. The topological polar surface area (TPSA) is 53.8 Å². The van der Waals surface area contributed by atoms with Gasteiger partial charge >= 0.3 is 12.1 Å². The molecule has 1 atom stereocenters. The molecule has 0 N–H and O–H groups in total. The Balaban J connectivity index is 1.44. The van der Waals surface area contributed by atoms with Gasteiger partial charge in [0.1, 0.15) is 5.56 Å². The van der Waals surface area contributed by atoms with Gasteiger partial charge in [0.05, 0.1) is 18.8 Å². The van der Waals surface area contributed by atoms with Gasteiger partial charge in [-0.3, -0.25) is 4.68 Å². The number of esters is 1. The van der Waals surface area contributed by atoms with Crippen LogP contribution in [0.4, 0.5) is 24.5 Å². The Kier molecular flexibility index (Phi) is 9.03. The number of piperidine rings is 1. The summed E-state index contributed by atoms with van der Waals surface area (Å²) in [6.45, 7) is 11.9. The summed E-state index contributed by atoms with van der Waals surface area (Å²) in [6.07, 6.45) is -2.63. The molecule has 1 unspecified atom stereocenters. The van der Waals surface area contributed by atoms with Crippen LogP contribution in [0.1, 0.15) is 54.3 Å². The lowest BCUT2D eigenvalue weighted by atomic mass is 9.96. The van der Waals surface area contributed by atoms with Crippen molar-refractivity contribution in [2.75, 3.05) is 62.2 Å². The van der Waals surface area contributed by atoms with Gasteiger partial charge in [-0.2, -0.15) is 18.3 Å². The second-order valence-electron chi connectivity index (χ2n) is 10.9. The molecule has 5 rings (SSSR count). The fraction of sp³-hybridized carbons (Fsp3) is 0.484. The fourth-order valence-electron chi connectivity index (χ4n) is 6.12. The number of rotatable bonds is 7. The van der Waals surface area contributed by atoms with Crippen LogP contribution in [0.5, 0.6) is 0 Å². The standard InChI is InChI=1S/C31H37ClF3N5O2/c1-4-37-13-15-38(16-14-37)23-9-11-25(21(3)17-23)26-10-8-22(32)18-28(26)39-12-6-7-24(20-39)40-29(31(33,34)35)27(19-36-40)30(41)42-5-2/h8-11,17-19,24H,4-7,12-16,20H2,1-3H3. The molecule has 0 saturated carbocycles. The molecule has 0 aliphatic carbocycles. The number of hydrogen-bond donors (Lipinski definition) is 0. The van der Waals surface area contributed by atoms with E-state index in [4.69, 9.17) is 16.3 Å². The average Bonchev–Trinajstić information content (AvgIpc) is 3.44. The van der Waals surface area contributed by atoms with Crippen LogP contribution in [0.15, 0.2) is 42.6 Å². The lowest BCUT2D eigenvalue weighted by Crippen LogP contribution is -2.46. The number of benzene rings is 2. The van der Waals surface area contributed by atoms with E-state index in [-0.39, 0.29) is 6.61 Å². The van der Waals surface area contributed by atoms with Crippen molar-refractivity contribution in [2.24, 2.45) is 0 Å². The van der Waals surface area contributed by atoms with Crippen LogP contribution in [0.3, 0.4) is 0 Å². The van der Waals surface area contributed by atoms with Gasteiger partial charge in [0.2, 0.25) is 0 Å². The zero-order valence-electron chi connectivity index (χ0n) is 24.3. The molecule has 2 fully saturated rings. The normalized spacial score (nSPS) is 18.4. The van der Waals surface area contributed by atoms with Crippen LogP contribution in [-0.4, -0.2) is 73.1 Å². The van der Waals surface area contributed by atoms with Gasteiger partial charge in [-0.15, -0.1) is 0 Å². The SMILES string of the molecule is CCOC(=O)c1cnn(C2CCCN(c3cc(Cl)ccc3-c3ccc(N4CCN(CC)CC4)cc3C)C2)c1C(F)(F)F. The molecule has 2 aliphatic heterocycles. The van der Waals surface area contributed by atoms with Crippen LogP contribution in [-0.2, 0) is 10.9 Å². The number of aromatic nitrogens is 2. The molecular weight excluding hydrogens is 567 g/mol. The van der Waals surface area contributed by atoms with Crippen LogP contribution >= 0.6 is 11.6 Å². The third kappa shape index (κ3) is 6.24. The predicted octanol–water partition coefficient (Wildman–Crippen LogP) is 6.69. The van der Waals surface area contributed by atoms with Gasteiger partial charge < -0.3 is 19.4 Å². The Hall–Kier alpha value is -3.24. The van der Waals surface area contributed by atoms with Crippen LogP contribution in [0, 0.1) is 6.92 Å². The Labute approximate surface area is 249 Å². The third-order valence-electron chi connectivity index (χ3n) is 8.29. The zero-order valence-corrected chi connectivity index (χ0v) is 25.0. The summed E-state index contributed by atoms with van der Waals surface area (Å²) in [5.41, 5.74) is 3.58. The molecule has 0 bridgehead atoms. The molecular formula is C31H37ClF3N5O2. The molecule has 0 spiro atoms. The van der Waals surface area contributed by atoms with E-state index >= 15 is 0 Å². The van der Waals surface area contributed by atoms with Gasteiger partial charge in [0.15, 0.2) is 5.69 Å². The maximum Gasteiger partial charge on any atom is 0.433 e. The quantitative estimate of drug-likeness (QED) is 0.281. The van der Waals surface area contributed by atoms with Crippen molar-refractivity contribution >= 4 is 28.9 Å². The molecule has 3 aromatic rings. The monoisotopic (exact) mass is 603 g/mol. The molecule has 2 aliphatic rings. The number of hydrogen-bond acceptors (Lipinski definition) is 6. The number of halogens is 4. The third-order valence-corrected chi connectivity index (χ3v) is 8.52. The van der Waals surface area contributed by atoms with Crippen molar-refractivity contribution in [3.8, 4) is 11.1 Å². The van der Waals surface area contributed by atoms with Gasteiger partial charge in [0, 0.05) is 61.2 Å². The van der Waals surface area contributed by atoms with E-state index < -0.39 is 29.4 Å². The Morgan fingerprint density at radius 3 is 2.43 bits per heavy atom.